The van der Waals surface area contributed by atoms with Crippen LogP contribution < -0.4 is 5.73 Å². The molecule has 19 heavy (non-hydrogen) atoms. The lowest BCUT2D eigenvalue weighted by atomic mass is 10.00. The summed E-state index contributed by atoms with van der Waals surface area (Å²) in [6.07, 6.45) is 0. The van der Waals surface area contributed by atoms with Crippen molar-refractivity contribution in [1.82, 2.24) is 0 Å². The summed E-state index contributed by atoms with van der Waals surface area (Å²) >= 11 is 0. The SMILES string of the molecule is CCOC(=O)C(F)(F)[C@@H](N)c1ccc(C)c(F)c1.Cl. The van der Waals surface area contributed by atoms with Gasteiger partial charge in [0.25, 0.3) is 0 Å². The quantitative estimate of drug-likeness (QED) is 0.870. The molecule has 108 valence electrons. The highest BCUT2D eigenvalue weighted by molar-refractivity contribution is 5.85. The number of carbonyl (C=O) groups excluding carboxylic acids is 1. The maximum atomic E-state index is 13.6. The predicted octanol–water partition coefficient (Wildman–Crippen LogP) is 2.75. The van der Waals surface area contributed by atoms with Crippen LogP contribution in [0.4, 0.5) is 13.2 Å². The number of rotatable bonds is 4. The maximum Gasteiger partial charge on any atom is 0.379 e. The molecule has 0 aliphatic carbocycles. The van der Waals surface area contributed by atoms with E-state index in [0.717, 1.165) is 6.07 Å². The van der Waals surface area contributed by atoms with Gasteiger partial charge in [-0.2, -0.15) is 8.78 Å². The van der Waals surface area contributed by atoms with Crippen LogP contribution >= 0.6 is 12.4 Å². The zero-order valence-electron chi connectivity index (χ0n) is 10.5. The normalized spacial score (nSPS) is 12.5. The summed E-state index contributed by atoms with van der Waals surface area (Å²) in [5.74, 6) is -6.25. The van der Waals surface area contributed by atoms with Gasteiger partial charge in [-0.3, -0.25) is 0 Å². The zero-order chi connectivity index (χ0) is 13.9. The number of ether oxygens (including phenoxy) is 1. The Labute approximate surface area is 115 Å². The molecule has 0 unspecified atom stereocenters. The lowest BCUT2D eigenvalue weighted by Gasteiger charge is -2.22. The Kier molecular flexibility index (Phi) is 6.32. The number of esters is 1. The van der Waals surface area contributed by atoms with Gasteiger partial charge in [-0.1, -0.05) is 12.1 Å². The molecule has 2 N–H and O–H groups in total. The second kappa shape index (κ2) is 6.77. The van der Waals surface area contributed by atoms with Crippen molar-refractivity contribution in [2.45, 2.75) is 25.8 Å². The molecule has 0 radical (unpaired) electrons. The number of aryl methyl sites for hydroxylation is 1. The predicted molar refractivity (Wildman–Crippen MR) is 66.9 cm³/mol. The van der Waals surface area contributed by atoms with Gasteiger partial charge in [0, 0.05) is 0 Å². The molecule has 1 aromatic carbocycles. The molecule has 0 aliphatic heterocycles. The van der Waals surface area contributed by atoms with E-state index >= 15 is 0 Å². The number of halogens is 4. The Bertz CT molecular complexity index is 455. The first-order valence-electron chi connectivity index (χ1n) is 5.37. The fourth-order valence-electron chi connectivity index (χ4n) is 1.37. The molecular weight excluding hydrogens is 283 g/mol. The van der Waals surface area contributed by atoms with Gasteiger partial charge in [0.1, 0.15) is 11.9 Å². The smallest absolute Gasteiger partial charge is 0.379 e. The summed E-state index contributed by atoms with van der Waals surface area (Å²) in [4.78, 5) is 11.1. The van der Waals surface area contributed by atoms with Gasteiger partial charge in [-0.05, 0) is 31.0 Å². The van der Waals surface area contributed by atoms with Crippen LogP contribution in [0.3, 0.4) is 0 Å². The minimum Gasteiger partial charge on any atom is -0.462 e. The first-order valence-corrected chi connectivity index (χ1v) is 5.37. The largest absolute Gasteiger partial charge is 0.462 e. The molecule has 1 aromatic rings. The summed E-state index contributed by atoms with van der Waals surface area (Å²) in [5.41, 5.74) is 5.46. The number of hydrogen-bond donors (Lipinski definition) is 1. The summed E-state index contributed by atoms with van der Waals surface area (Å²) in [5, 5.41) is 0. The fraction of sp³-hybridized carbons (Fsp3) is 0.417. The van der Waals surface area contributed by atoms with E-state index in [4.69, 9.17) is 5.73 Å². The van der Waals surface area contributed by atoms with E-state index in [1.54, 1.807) is 0 Å². The monoisotopic (exact) mass is 297 g/mol. The number of benzene rings is 1. The zero-order valence-corrected chi connectivity index (χ0v) is 11.3. The molecule has 0 spiro atoms. The van der Waals surface area contributed by atoms with Gasteiger partial charge in [0.05, 0.1) is 6.61 Å². The third-order valence-corrected chi connectivity index (χ3v) is 2.49. The average Bonchev–Trinajstić information content (AvgIpc) is 2.32. The Morgan fingerprint density at radius 3 is 2.53 bits per heavy atom. The standard InChI is InChI=1S/C12H14F3NO2.ClH/c1-3-18-11(17)12(14,15)10(16)8-5-4-7(2)9(13)6-8;/h4-6,10H,3,16H2,1-2H3;1H/t10-;/m0./s1. The summed E-state index contributed by atoms with van der Waals surface area (Å²) in [6, 6.07) is 1.54. The highest BCUT2D eigenvalue weighted by Gasteiger charge is 2.47. The third-order valence-electron chi connectivity index (χ3n) is 2.49. The van der Waals surface area contributed by atoms with E-state index in [9.17, 15) is 18.0 Å². The molecule has 0 heterocycles. The average molecular weight is 298 g/mol. The van der Waals surface area contributed by atoms with Gasteiger partial charge in [0.15, 0.2) is 0 Å². The van der Waals surface area contributed by atoms with E-state index in [1.807, 2.05) is 0 Å². The van der Waals surface area contributed by atoms with Crippen molar-refractivity contribution in [2.24, 2.45) is 5.73 Å². The second-order valence-corrected chi connectivity index (χ2v) is 3.83. The maximum absolute atomic E-state index is 13.6. The summed E-state index contributed by atoms with van der Waals surface area (Å²) in [6.45, 7) is 2.72. The van der Waals surface area contributed by atoms with Crippen molar-refractivity contribution in [2.75, 3.05) is 6.61 Å². The Hall–Kier alpha value is -1.27. The van der Waals surface area contributed by atoms with Crippen LogP contribution in [0.5, 0.6) is 0 Å². The molecule has 0 aliphatic rings. The van der Waals surface area contributed by atoms with Crippen LogP contribution in [0.2, 0.25) is 0 Å². The highest BCUT2D eigenvalue weighted by Crippen LogP contribution is 2.31. The number of carbonyl (C=O) groups is 1. The van der Waals surface area contributed by atoms with Gasteiger partial charge in [-0.25, -0.2) is 9.18 Å². The van der Waals surface area contributed by atoms with Gasteiger partial charge < -0.3 is 10.5 Å². The molecule has 7 heteroatoms. The second-order valence-electron chi connectivity index (χ2n) is 3.83. The Morgan fingerprint density at radius 2 is 2.05 bits per heavy atom. The van der Waals surface area contributed by atoms with E-state index in [2.05, 4.69) is 4.74 Å². The number of nitrogens with two attached hydrogens (primary N) is 1. The highest BCUT2D eigenvalue weighted by atomic mass is 35.5. The van der Waals surface area contributed by atoms with Crippen LogP contribution in [-0.2, 0) is 9.53 Å². The molecule has 0 saturated carbocycles. The molecule has 1 rings (SSSR count). The van der Waals surface area contributed by atoms with Crippen molar-refractivity contribution in [1.29, 1.82) is 0 Å². The molecule has 0 amide bonds. The topological polar surface area (TPSA) is 52.3 Å². The molecule has 0 saturated heterocycles. The van der Waals surface area contributed by atoms with Crippen molar-refractivity contribution in [3.8, 4) is 0 Å². The van der Waals surface area contributed by atoms with Gasteiger partial charge in [0.2, 0.25) is 0 Å². The lowest BCUT2D eigenvalue weighted by molar-refractivity contribution is -0.174. The molecule has 0 aromatic heterocycles. The minimum atomic E-state index is -3.89. The summed E-state index contributed by atoms with van der Waals surface area (Å²) < 4.78 is 44.7. The van der Waals surface area contributed by atoms with Gasteiger partial charge >= 0.3 is 11.9 Å². The van der Waals surface area contributed by atoms with Crippen molar-refractivity contribution in [3.05, 3.63) is 35.1 Å². The molecule has 0 bridgehead atoms. The molecule has 1 atom stereocenters. The van der Waals surface area contributed by atoms with Crippen LogP contribution in [0.15, 0.2) is 18.2 Å². The Balaban J connectivity index is 0.00000324. The first-order chi connectivity index (χ1) is 8.30. The van der Waals surface area contributed by atoms with Crippen LogP contribution in [0, 0.1) is 12.7 Å². The minimum absolute atomic E-state index is 0. The van der Waals surface area contributed by atoms with Crippen molar-refractivity contribution in [3.63, 3.8) is 0 Å². The van der Waals surface area contributed by atoms with Crippen LogP contribution in [0.25, 0.3) is 0 Å². The van der Waals surface area contributed by atoms with Crippen LogP contribution in [0.1, 0.15) is 24.1 Å². The van der Waals surface area contributed by atoms with E-state index < -0.39 is 23.8 Å². The first kappa shape index (κ1) is 17.7. The van der Waals surface area contributed by atoms with E-state index in [0.29, 0.717) is 5.56 Å². The fourth-order valence-corrected chi connectivity index (χ4v) is 1.37. The molecule has 3 nitrogen and oxygen atoms in total. The van der Waals surface area contributed by atoms with Crippen molar-refractivity contribution < 1.29 is 22.7 Å². The van der Waals surface area contributed by atoms with E-state index in [-0.39, 0.29) is 24.6 Å². The summed E-state index contributed by atoms with van der Waals surface area (Å²) in [7, 11) is 0. The Morgan fingerprint density at radius 1 is 1.47 bits per heavy atom. The molecule has 0 fully saturated rings. The van der Waals surface area contributed by atoms with Gasteiger partial charge in [-0.15, -0.1) is 12.4 Å². The number of hydrogen-bond acceptors (Lipinski definition) is 3. The molecular formula is C12H15ClF3NO2. The number of alkyl halides is 2. The third kappa shape index (κ3) is 3.84. The van der Waals surface area contributed by atoms with Crippen molar-refractivity contribution >= 4 is 18.4 Å². The lowest BCUT2D eigenvalue weighted by Crippen LogP contribution is -2.41. The van der Waals surface area contributed by atoms with Crippen LogP contribution in [-0.4, -0.2) is 18.5 Å². The van der Waals surface area contributed by atoms with E-state index in [1.165, 1.54) is 26.0 Å².